The van der Waals surface area contributed by atoms with Crippen LogP contribution in [0.4, 0.5) is 0 Å². The van der Waals surface area contributed by atoms with Gasteiger partial charge in [-0.3, -0.25) is 0 Å². The Hall–Kier alpha value is -1.42. The fourth-order valence-corrected chi connectivity index (χ4v) is 2.47. The Labute approximate surface area is 104 Å². The summed E-state index contributed by atoms with van der Waals surface area (Å²) in [5, 5.41) is 0.955. The lowest BCUT2D eigenvalue weighted by Crippen LogP contribution is -2.23. The van der Waals surface area contributed by atoms with Crippen molar-refractivity contribution in [1.29, 1.82) is 0 Å². The van der Waals surface area contributed by atoms with E-state index < -0.39 is 5.60 Å². The maximum Gasteiger partial charge on any atom is 0.340 e. The van der Waals surface area contributed by atoms with Crippen molar-refractivity contribution in [3.8, 4) is 0 Å². The Morgan fingerprint density at radius 3 is 2.71 bits per heavy atom. The minimum atomic E-state index is -0.473. The monoisotopic (exact) mass is 249 g/mol. The minimum Gasteiger partial charge on any atom is -0.456 e. The number of fused-ring (bicyclic) bond motifs is 1. The lowest BCUT2D eigenvalue weighted by molar-refractivity contribution is 0.00721. The van der Waals surface area contributed by atoms with Crippen LogP contribution in [0.3, 0.4) is 0 Å². The molecule has 90 valence electrons. The molecule has 2 rings (SSSR count). The smallest absolute Gasteiger partial charge is 0.340 e. The number of rotatable bonds is 1. The van der Waals surface area contributed by atoms with E-state index in [9.17, 15) is 4.79 Å². The number of ether oxygens (including phenoxy) is 1. The molecule has 0 radical (unpaired) electrons. The molecule has 0 saturated carbocycles. The van der Waals surface area contributed by atoms with Gasteiger partial charge in [0.1, 0.15) is 5.60 Å². The maximum atomic E-state index is 12.0. The summed E-state index contributed by atoms with van der Waals surface area (Å²) >= 11 is 1.52. The van der Waals surface area contributed by atoms with Crippen LogP contribution in [-0.4, -0.2) is 16.6 Å². The number of esters is 1. The lowest BCUT2D eigenvalue weighted by atomic mass is 10.1. The van der Waals surface area contributed by atoms with Crippen molar-refractivity contribution in [1.82, 2.24) is 4.98 Å². The standard InChI is InChI=1S/C13H15NO2S/c1-8-14-10-7-5-6-9(11(10)17-8)12(15)16-13(2,3)4/h5-7H,1-4H3. The fraction of sp³-hybridized carbons (Fsp3) is 0.385. The van der Waals surface area contributed by atoms with Crippen LogP contribution < -0.4 is 0 Å². The zero-order chi connectivity index (χ0) is 12.6. The average molecular weight is 249 g/mol. The van der Waals surface area contributed by atoms with Crippen molar-refractivity contribution >= 4 is 27.5 Å². The first-order valence-electron chi connectivity index (χ1n) is 5.46. The number of carbonyl (C=O) groups is 1. The van der Waals surface area contributed by atoms with Gasteiger partial charge in [-0.05, 0) is 39.8 Å². The quantitative estimate of drug-likeness (QED) is 0.725. The van der Waals surface area contributed by atoms with Crippen molar-refractivity contribution in [3.63, 3.8) is 0 Å². The SMILES string of the molecule is Cc1nc2cccc(C(=O)OC(C)(C)C)c2s1. The number of hydrogen-bond acceptors (Lipinski definition) is 4. The zero-order valence-electron chi connectivity index (χ0n) is 10.4. The highest BCUT2D eigenvalue weighted by atomic mass is 32.1. The Bertz CT molecular complexity index is 566. The molecule has 17 heavy (non-hydrogen) atoms. The fourth-order valence-electron chi connectivity index (χ4n) is 1.55. The summed E-state index contributed by atoms with van der Waals surface area (Å²) in [6, 6.07) is 5.53. The number of benzene rings is 1. The second-order valence-corrected chi connectivity index (χ2v) is 6.09. The molecular weight excluding hydrogens is 234 g/mol. The highest BCUT2D eigenvalue weighted by Crippen LogP contribution is 2.26. The van der Waals surface area contributed by atoms with E-state index >= 15 is 0 Å². The number of thiazole rings is 1. The van der Waals surface area contributed by atoms with Gasteiger partial charge in [-0.2, -0.15) is 0 Å². The van der Waals surface area contributed by atoms with Crippen LogP contribution in [-0.2, 0) is 4.74 Å². The summed E-state index contributed by atoms with van der Waals surface area (Å²) in [6.07, 6.45) is 0. The van der Waals surface area contributed by atoms with E-state index in [1.165, 1.54) is 11.3 Å². The second-order valence-electron chi connectivity index (χ2n) is 4.89. The number of aryl methyl sites for hydroxylation is 1. The number of aromatic nitrogens is 1. The number of hydrogen-bond donors (Lipinski definition) is 0. The molecule has 2 aromatic rings. The molecule has 0 amide bonds. The molecule has 0 bridgehead atoms. The third-order valence-electron chi connectivity index (χ3n) is 2.14. The van der Waals surface area contributed by atoms with E-state index in [0.29, 0.717) is 5.56 Å². The van der Waals surface area contributed by atoms with Gasteiger partial charge in [0, 0.05) is 0 Å². The molecule has 1 aromatic heterocycles. The van der Waals surface area contributed by atoms with E-state index in [4.69, 9.17) is 4.74 Å². The third-order valence-corrected chi connectivity index (χ3v) is 3.16. The van der Waals surface area contributed by atoms with Gasteiger partial charge in [-0.15, -0.1) is 11.3 Å². The van der Waals surface area contributed by atoms with Crippen molar-refractivity contribution < 1.29 is 9.53 Å². The van der Waals surface area contributed by atoms with Gasteiger partial charge in [-0.1, -0.05) is 6.07 Å². The van der Waals surface area contributed by atoms with Gasteiger partial charge in [0.15, 0.2) is 0 Å². The predicted octanol–water partition coefficient (Wildman–Crippen LogP) is 3.56. The van der Waals surface area contributed by atoms with Gasteiger partial charge in [-0.25, -0.2) is 9.78 Å². The maximum absolute atomic E-state index is 12.0. The highest BCUT2D eigenvalue weighted by molar-refractivity contribution is 7.18. The second kappa shape index (κ2) is 4.11. The normalized spacial score (nSPS) is 11.8. The Morgan fingerprint density at radius 1 is 1.35 bits per heavy atom. The van der Waals surface area contributed by atoms with E-state index in [2.05, 4.69) is 4.98 Å². The van der Waals surface area contributed by atoms with Crippen LogP contribution in [0.5, 0.6) is 0 Å². The molecule has 1 aromatic carbocycles. The predicted molar refractivity (Wildman–Crippen MR) is 69.5 cm³/mol. The molecule has 0 aliphatic rings. The molecule has 0 N–H and O–H groups in total. The van der Waals surface area contributed by atoms with E-state index in [0.717, 1.165) is 15.2 Å². The lowest BCUT2D eigenvalue weighted by Gasteiger charge is -2.19. The van der Waals surface area contributed by atoms with Crippen LogP contribution in [0.2, 0.25) is 0 Å². The van der Waals surface area contributed by atoms with Crippen LogP contribution in [0, 0.1) is 6.92 Å². The van der Waals surface area contributed by atoms with E-state index in [1.54, 1.807) is 6.07 Å². The minimum absolute atomic E-state index is 0.285. The topological polar surface area (TPSA) is 39.2 Å². The Morgan fingerprint density at radius 2 is 2.06 bits per heavy atom. The van der Waals surface area contributed by atoms with Crippen LogP contribution in [0.15, 0.2) is 18.2 Å². The van der Waals surface area contributed by atoms with Gasteiger partial charge in [0.05, 0.1) is 20.8 Å². The molecular formula is C13H15NO2S. The van der Waals surface area contributed by atoms with Crippen molar-refractivity contribution in [3.05, 3.63) is 28.8 Å². The first-order valence-corrected chi connectivity index (χ1v) is 6.28. The van der Waals surface area contributed by atoms with Crippen LogP contribution in [0.1, 0.15) is 36.1 Å². The van der Waals surface area contributed by atoms with Crippen molar-refractivity contribution in [2.75, 3.05) is 0 Å². The van der Waals surface area contributed by atoms with E-state index in [-0.39, 0.29) is 5.97 Å². The molecule has 0 saturated heterocycles. The first kappa shape index (κ1) is 12.0. The third kappa shape index (κ3) is 2.64. The zero-order valence-corrected chi connectivity index (χ0v) is 11.2. The van der Waals surface area contributed by atoms with Crippen LogP contribution >= 0.6 is 11.3 Å². The number of nitrogens with zero attached hydrogens (tertiary/aromatic N) is 1. The van der Waals surface area contributed by atoms with Crippen molar-refractivity contribution in [2.24, 2.45) is 0 Å². The van der Waals surface area contributed by atoms with Crippen LogP contribution in [0.25, 0.3) is 10.2 Å². The summed E-state index contributed by atoms with van der Waals surface area (Å²) in [4.78, 5) is 16.4. The molecule has 0 atom stereocenters. The Kier molecular flexibility index (Phi) is 2.91. The summed E-state index contributed by atoms with van der Waals surface area (Å²) in [7, 11) is 0. The molecule has 1 heterocycles. The van der Waals surface area contributed by atoms with Crippen molar-refractivity contribution in [2.45, 2.75) is 33.3 Å². The molecule has 4 heteroatoms. The highest BCUT2D eigenvalue weighted by Gasteiger charge is 2.20. The van der Waals surface area contributed by atoms with Gasteiger partial charge >= 0.3 is 5.97 Å². The number of carbonyl (C=O) groups excluding carboxylic acids is 1. The molecule has 0 unspecified atom stereocenters. The summed E-state index contributed by atoms with van der Waals surface area (Å²) in [5.41, 5.74) is 0.984. The largest absolute Gasteiger partial charge is 0.456 e. The molecule has 0 aliphatic heterocycles. The molecule has 0 spiro atoms. The van der Waals surface area contributed by atoms with Gasteiger partial charge in [0.25, 0.3) is 0 Å². The molecule has 0 fully saturated rings. The van der Waals surface area contributed by atoms with Gasteiger partial charge in [0.2, 0.25) is 0 Å². The van der Waals surface area contributed by atoms with Gasteiger partial charge < -0.3 is 4.74 Å². The first-order chi connectivity index (χ1) is 7.87. The molecule has 3 nitrogen and oxygen atoms in total. The van der Waals surface area contributed by atoms with E-state index in [1.807, 2.05) is 39.8 Å². The summed E-state index contributed by atoms with van der Waals surface area (Å²) < 4.78 is 6.28. The Balaban J connectivity index is 2.45. The molecule has 0 aliphatic carbocycles. The summed E-state index contributed by atoms with van der Waals surface area (Å²) in [6.45, 7) is 7.53. The summed E-state index contributed by atoms with van der Waals surface area (Å²) in [5.74, 6) is -0.285. The average Bonchev–Trinajstić information content (AvgIpc) is 2.54.